The fourth-order valence-electron chi connectivity index (χ4n) is 2.46. The minimum absolute atomic E-state index is 0.0271. The molecule has 27 heavy (non-hydrogen) atoms. The number of hydrogen-bond acceptors (Lipinski definition) is 5. The molecule has 0 bridgehead atoms. The van der Waals surface area contributed by atoms with Crippen molar-refractivity contribution < 1.29 is 24.2 Å². The van der Waals surface area contributed by atoms with E-state index in [0.717, 1.165) is 11.1 Å². The first kappa shape index (κ1) is 20.0. The van der Waals surface area contributed by atoms with Gasteiger partial charge in [-0.05, 0) is 37.1 Å². The molecule has 2 rings (SSSR count). The van der Waals surface area contributed by atoms with Crippen molar-refractivity contribution in [1.82, 2.24) is 4.90 Å². The quantitative estimate of drug-likeness (QED) is 0.761. The Hall–Kier alpha value is -3.35. The van der Waals surface area contributed by atoms with Crippen LogP contribution in [0.3, 0.4) is 0 Å². The lowest BCUT2D eigenvalue weighted by molar-refractivity contribution is -0.136. The number of hydrogen-bond donors (Lipinski definition) is 2. The Morgan fingerprint density at radius 2 is 1.67 bits per heavy atom. The van der Waals surface area contributed by atoms with Crippen LogP contribution in [0.25, 0.3) is 0 Å². The number of phenolic OH excluding ortho intramolecular Hbond substituents is 1. The molecule has 2 amide bonds. The second kappa shape index (κ2) is 8.84. The van der Waals surface area contributed by atoms with Crippen LogP contribution in [0.2, 0.25) is 0 Å². The summed E-state index contributed by atoms with van der Waals surface area (Å²) in [5, 5.41) is 12.4. The van der Waals surface area contributed by atoms with Crippen molar-refractivity contribution >= 4 is 23.5 Å². The third-order valence-electron chi connectivity index (χ3n) is 4.00. The van der Waals surface area contributed by atoms with E-state index in [0.29, 0.717) is 5.69 Å². The SMILES string of the molecule is Cc1cccc(C)c1NC(=O)CN(C)C(=O)COC(=O)c1ccccc1O. The number of ether oxygens (including phenoxy) is 1. The van der Waals surface area contributed by atoms with Gasteiger partial charge in [-0.1, -0.05) is 30.3 Å². The lowest BCUT2D eigenvalue weighted by Crippen LogP contribution is -2.37. The summed E-state index contributed by atoms with van der Waals surface area (Å²) >= 11 is 0. The molecule has 0 fully saturated rings. The molecule has 2 aromatic carbocycles. The van der Waals surface area contributed by atoms with E-state index in [1.54, 1.807) is 12.1 Å². The molecule has 0 saturated carbocycles. The van der Waals surface area contributed by atoms with E-state index in [1.165, 1.54) is 24.1 Å². The number of benzene rings is 2. The minimum Gasteiger partial charge on any atom is -0.507 e. The first-order valence-corrected chi connectivity index (χ1v) is 8.34. The van der Waals surface area contributed by atoms with Crippen LogP contribution >= 0.6 is 0 Å². The highest BCUT2D eigenvalue weighted by atomic mass is 16.5. The van der Waals surface area contributed by atoms with Gasteiger partial charge in [-0.2, -0.15) is 0 Å². The summed E-state index contributed by atoms with van der Waals surface area (Å²) in [4.78, 5) is 37.3. The van der Waals surface area contributed by atoms with E-state index >= 15 is 0 Å². The standard InChI is InChI=1S/C20H22N2O5/c1-13-7-6-8-14(2)19(13)21-17(24)11-22(3)18(25)12-27-20(26)15-9-4-5-10-16(15)23/h4-10,23H,11-12H2,1-3H3,(H,21,24). The normalized spacial score (nSPS) is 10.2. The van der Waals surface area contributed by atoms with Gasteiger partial charge in [0.1, 0.15) is 11.3 Å². The molecule has 7 nitrogen and oxygen atoms in total. The van der Waals surface area contributed by atoms with Crippen molar-refractivity contribution in [3.8, 4) is 5.75 Å². The molecule has 7 heteroatoms. The Kier molecular flexibility index (Phi) is 6.54. The van der Waals surface area contributed by atoms with Crippen molar-refractivity contribution in [1.29, 1.82) is 0 Å². The zero-order chi connectivity index (χ0) is 20.0. The van der Waals surface area contributed by atoms with Gasteiger partial charge in [0.05, 0.1) is 6.54 Å². The Morgan fingerprint density at radius 3 is 2.30 bits per heavy atom. The molecule has 0 saturated heterocycles. The van der Waals surface area contributed by atoms with Crippen molar-refractivity contribution in [2.24, 2.45) is 0 Å². The summed E-state index contributed by atoms with van der Waals surface area (Å²) in [5.74, 6) is -1.92. The maximum atomic E-state index is 12.2. The van der Waals surface area contributed by atoms with Crippen LogP contribution in [0, 0.1) is 13.8 Å². The lowest BCUT2D eigenvalue weighted by atomic mass is 10.1. The lowest BCUT2D eigenvalue weighted by Gasteiger charge is -2.18. The molecule has 0 aliphatic carbocycles. The number of rotatable bonds is 6. The second-order valence-corrected chi connectivity index (χ2v) is 6.16. The largest absolute Gasteiger partial charge is 0.507 e. The number of nitrogens with zero attached hydrogens (tertiary/aromatic N) is 1. The van der Waals surface area contributed by atoms with Gasteiger partial charge in [-0.25, -0.2) is 4.79 Å². The molecule has 2 N–H and O–H groups in total. The van der Waals surface area contributed by atoms with Gasteiger partial charge < -0.3 is 20.1 Å². The van der Waals surface area contributed by atoms with Gasteiger partial charge in [0.2, 0.25) is 5.91 Å². The summed E-state index contributed by atoms with van der Waals surface area (Å²) < 4.78 is 4.91. The molecule has 2 aromatic rings. The van der Waals surface area contributed by atoms with Gasteiger partial charge in [-0.15, -0.1) is 0 Å². The summed E-state index contributed by atoms with van der Waals surface area (Å²) in [6, 6.07) is 11.6. The Balaban J connectivity index is 1.87. The molecule has 0 aliphatic rings. The summed E-state index contributed by atoms with van der Waals surface area (Å²) in [7, 11) is 1.44. The van der Waals surface area contributed by atoms with Gasteiger partial charge >= 0.3 is 5.97 Å². The smallest absolute Gasteiger partial charge is 0.342 e. The number of para-hydroxylation sites is 2. The Labute approximate surface area is 157 Å². The third-order valence-corrected chi connectivity index (χ3v) is 4.00. The predicted molar refractivity (Wildman–Crippen MR) is 101 cm³/mol. The highest BCUT2D eigenvalue weighted by Gasteiger charge is 2.18. The highest BCUT2D eigenvalue weighted by molar-refractivity contribution is 5.97. The van der Waals surface area contributed by atoms with Crippen LogP contribution in [0.15, 0.2) is 42.5 Å². The van der Waals surface area contributed by atoms with Crippen molar-refractivity contribution in [2.75, 3.05) is 25.5 Å². The fraction of sp³-hybridized carbons (Fsp3) is 0.250. The maximum Gasteiger partial charge on any atom is 0.342 e. The molecule has 0 spiro atoms. The van der Waals surface area contributed by atoms with E-state index in [1.807, 2.05) is 32.0 Å². The van der Waals surface area contributed by atoms with Crippen LogP contribution in [-0.4, -0.2) is 48.0 Å². The number of carbonyl (C=O) groups excluding carboxylic acids is 3. The van der Waals surface area contributed by atoms with E-state index in [2.05, 4.69) is 5.32 Å². The zero-order valence-corrected chi connectivity index (χ0v) is 15.5. The van der Waals surface area contributed by atoms with Crippen molar-refractivity contribution in [3.05, 3.63) is 59.2 Å². The monoisotopic (exact) mass is 370 g/mol. The molecule has 0 atom stereocenters. The van der Waals surface area contributed by atoms with E-state index in [4.69, 9.17) is 4.74 Å². The number of aryl methyl sites for hydroxylation is 2. The van der Waals surface area contributed by atoms with Gasteiger partial charge in [-0.3, -0.25) is 9.59 Å². The summed E-state index contributed by atoms with van der Waals surface area (Å²) in [6.45, 7) is 3.06. The summed E-state index contributed by atoms with van der Waals surface area (Å²) in [6.07, 6.45) is 0. The van der Waals surface area contributed by atoms with E-state index in [9.17, 15) is 19.5 Å². The predicted octanol–water partition coefficient (Wildman–Crippen LogP) is 2.26. The summed E-state index contributed by atoms with van der Waals surface area (Å²) in [5.41, 5.74) is 2.54. The molecule has 0 aliphatic heterocycles. The second-order valence-electron chi connectivity index (χ2n) is 6.16. The number of aromatic hydroxyl groups is 1. The van der Waals surface area contributed by atoms with Crippen molar-refractivity contribution in [2.45, 2.75) is 13.8 Å². The zero-order valence-electron chi connectivity index (χ0n) is 15.5. The first-order chi connectivity index (χ1) is 12.8. The number of nitrogens with one attached hydrogen (secondary N) is 1. The van der Waals surface area contributed by atoms with E-state index < -0.39 is 18.5 Å². The average molecular weight is 370 g/mol. The molecule has 0 heterocycles. The molecular formula is C20H22N2O5. The first-order valence-electron chi connectivity index (χ1n) is 8.34. The molecule has 0 radical (unpaired) electrons. The number of anilines is 1. The highest BCUT2D eigenvalue weighted by Crippen LogP contribution is 2.19. The van der Waals surface area contributed by atoms with Crippen LogP contribution in [0.4, 0.5) is 5.69 Å². The maximum absolute atomic E-state index is 12.2. The van der Waals surface area contributed by atoms with Gasteiger partial charge in [0, 0.05) is 12.7 Å². The fourth-order valence-corrected chi connectivity index (χ4v) is 2.46. The number of esters is 1. The molecule has 0 unspecified atom stereocenters. The molecule has 0 aromatic heterocycles. The number of likely N-dealkylation sites (N-methyl/N-ethyl adjacent to an activating group) is 1. The van der Waals surface area contributed by atoms with Gasteiger partial charge in [0.25, 0.3) is 5.91 Å². The van der Waals surface area contributed by atoms with Crippen molar-refractivity contribution in [3.63, 3.8) is 0 Å². The van der Waals surface area contributed by atoms with Crippen LogP contribution < -0.4 is 5.32 Å². The van der Waals surface area contributed by atoms with E-state index in [-0.39, 0.29) is 23.8 Å². The Morgan fingerprint density at radius 1 is 1.04 bits per heavy atom. The number of phenols is 1. The minimum atomic E-state index is -0.810. The van der Waals surface area contributed by atoms with Crippen LogP contribution in [0.5, 0.6) is 5.75 Å². The number of amides is 2. The van der Waals surface area contributed by atoms with Gasteiger partial charge in [0.15, 0.2) is 6.61 Å². The molecule has 142 valence electrons. The van der Waals surface area contributed by atoms with Crippen LogP contribution in [-0.2, 0) is 14.3 Å². The average Bonchev–Trinajstić information content (AvgIpc) is 2.63. The van der Waals surface area contributed by atoms with Crippen LogP contribution in [0.1, 0.15) is 21.5 Å². The Bertz CT molecular complexity index is 843. The topological polar surface area (TPSA) is 95.9 Å². The molecular weight excluding hydrogens is 348 g/mol. The number of carbonyl (C=O) groups is 3. The third kappa shape index (κ3) is 5.31.